The van der Waals surface area contributed by atoms with Gasteiger partial charge < -0.3 is 14.8 Å². The van der Waals surface area contributed by atoms with Crippen LogP contribution in [0.2, 0.25) is 0 Å². The highest BCUT2D eigenvalue weighted by molar-refractivity contribution is 5.71. The van der Waals surface area contributed by atoms with Crippen LogP contribution in [0.25, 0.3) is 0 Å². The number of hydrogen-bond donors (Lipinski definition) is 1. The van der Waals surface area contributed by atoms with Crippen LogP contribution in [0, 0.1) is 0 Å². The van der Waals surface area contributed by atoms with E-state index < -0.39 is 0 Å². The molecule has 1 aliphatic heterocycles. The third-order valence-corrected chi connectivity index (χ3v) is 3.34. The van der Waals surface area contributed by atoms with E-state index >= 15 is 0 Å². The van der Waals surface area contributed by atoms with Crippen molar-refractivity contribution in [3.63, 3.8) is 0 Å². The summed E-state index contributed by atoms with van der Waals surface area (Å²) in [6, 6.07) is 7.81. The van der Waals surface area contributed by atoms with Crippen molar-refractivity contribution in [2.24, 2.45) is 0 Å². The molecule has 0 bridgehead atoms. The fourth-order valence-corrected chi connectivity index (χ4v) is 2.31. The Morgan fingerprint density at radius 1 is 1.53 bits per heavy atom. The van der Waals surface area contributed by atoms with Crippen molar-refractivity contribution in [3.05, 3.63) is 29.8 Å². The zero-order chi connectivity index (χ0) is 12.3. The highest BCUT2D eigenvalue weighted by Gasteiger charge is 2.38. The van der Waals surface area contributed by atoms with Crippen LogP contribution in [0.5, 0.6) is 5.75 Å². The summed E-state index contributed by atoms with van der Waals surface area (Å²) in [5.41, 5.74) is 0.654. The number of fused-ring (bicyclic) bond motifs is 1. The molecule has 0 fully saturated rings. The standard InChI is InChI=1S/C13H17NO3/c1-14-13(9-12(15)16-2)7-8-17-11-6-4-3-5-10(11)13/h3-6,14H,7-9H2,1-2H3. The van der Waals surface area contributed by atoms with Gasteiger partial charge in [0, 0.05) is 12.0 Å². The fourth-order valence-electron chi connectivity index (χ4n) is 2.31. The summed E-state index contributed by atoms with van der Waals surface area (Å²) in [6.07, 6.45) is 1.08. The summed E-state index contributed by atoms with van der Waals surface area (Å²) in [5.74, 6) is 0.632. The van der Waals surface area contributed by atoms with Crippen molar-refractivity contribution >= 4 is 5.97 Å². The van der Waals surface area contributed by atoms with Crippen LogP contribution in [-0.4, -0.2) is 26.7 Å². The van der Waals surface area contributed by atoms with E-state index in [1.807, 2.05) is 31.3 Å². The van der Waals surface area contributed by atoms with Gasteiger partial charge in [-0.25, -0.2) is 0 Å². The number of nitrogens with one attached hydrogen (secondary N) is 1. The third-order valence-electron chi connectivity index (χ3n) is 3.34. The monoisotopic (exact) mass is 235 g/mol. The van der Waals surface area contributed by atoms with Gasteiger partial charge in [0.05, 0.1) is 25.7 Å². The van der Waals surface area contributed by atoms with E-state index in [2.05, 4.69) is 5.32 Å². The number of carbonyl (C=O) groups is 1. The molecule has 1 aromatic rings. The zero-order valence-corrected chi connectivity index (χ0v) is 10.2. The second-order valence-corrected chi connectivity index (χ2v) is 4.18. The summed E-state index contributed by atoms with van der Waals surface area (Å²) in [6.45, 7) is 0.606. The van der Waals surface area contributed by atoms with Gasteiger partial charge in [-0.1, -0.05) is 18.2 Å². The van der Waals surface area contributed by atoms with E-state index in [0.29, 0.717) is 13.0 Å². The molecule has 1 heterocycles. The molecule has 92 valence electrons. The van der Waals surface area contributed by atoms with Crippen molar-refractivity contribution in [2.75, 3.05) is 20.8 Å². The molecule has 0 aliphatic carbocycles. The van der Waals surface area contributed by atoms with Gasteiger partial charge in [-0.3, -0.25) is 4.79 Å². The minimum atomic E-state index is -0.373. The van der Waals surface area contributed by atoms with E-state index in [0.717, 1.165) is 17.7 Å². The van der Waals surface area contributed by atoms with Crippen LogP contribution in [0.1, 0.15) is 18.4 Å². The lowest BCUT2D eigenvalue weighted by atomic mass is 9.82. The van der Waals surface area contributed by atoms with Gasteiger partial charge in [0.15, 0.2) is 0 Å². The summed E-state index contributed by atoms with van der Waals surface area (Å²) in [4.78, 5) is 11.6. The van der Waals surface area contributed by atoms with Gasteiger partial charge in [-0.05, 0) is 13.1 Å². The number of rotatable bonds is 3. The minimum absolute atomic E-state index is 0.212. The summed E-state index contributed by atoms with van der Waals surface area (Å²) < 4.78 is 10.4. The smallest absolute Gasteiger partial charge is 0.307 e. The van der Waals surface area contributed by atoms with Gasteiger partial charge in [-0.15, -0.1) is 0 Å². The lowest BCUT2D eigenvalue weighted by Crippen LogP contribution is -2.45. The third kappa shape index (κ3) is 2.13. The molecular weight excluding hydrogens is 218 g/mol. The number of hydrogen-bond acceptors (Lipinski definition) is 4. The first kappa shape index (κ1) is 11.9. The SMILES string of the molecule is CNC1(CC(=O)OC)CCOc2ccccc21. The molecule has 0 spiro atoms. The molecule has 0 radical (unpaired) electrons. The molecule has 1 unspecified atom stereocenters. The summed E-state index contributed by atoms with van der Waals surface area (Å²) in [7, 11) is 3.28. The number of esters is 1. The van der Waals surface area contributed by atoms with Crippen molar-refractivity contribution in [2.45, 2.75) is 18.4 Å². The van der Waals surface area contributed by atoms with Crippen LogP contribution in [0.4, 0.5) is 0 Å². The summed E-state index contributed by atoms with van der Waals surface area (Å²) >= 11 is 0. The largest absolute Gasteiger partial charge is 0.493 e. The number of carbonyl (C=O) groups excluding carboxylic acids is 1. The van der Waals surface area contributed by atoms with Crippen LogP contribution < -0.4 is 10.1 Å². The fraction of sp³-hybridized carbons (Fsp3) is 0.462. The Balaban J connectivity index is 2.38. The number of para-hydroxylation sites is 1. The Bertz CT molecular complexity index is 419. The average molecular weight is 235 g/mol. The Hall–Kier alpha value is -1.55. The molecule has 2 rings (SSSR count). The Kier molecular flexibility index (Phi) is 3.33. The highest BCUT2D eigenvalue weighted by atomic mass is 16.5. The average Bonchev–Trinajstić information content (AvgIpc) is 2.39. The van der Waals surface area contributed by atoms with Gasteiger partial charge in [0.1, 0.15) is 5.75 Å². The van der Waals surface area contributed by atoms with Crippen molar-refractivity contribution in [1.82, 2.24) is 5.32 Å². The van der Waals surface area contributed by atoms with Crippen LogP contribution in [0.15, 0.2) is 24.3 Å². The van der Waals surface area contributed by atoms with Crippen molar-refractivity contribution < 1.29 is 14.3 Å². The van der Waals surface area contributed by atoms with Gasteiger partial charge >= 0.3 is 5.97 Å². The molecular formula is C13H17NO3. The number of methoxy groups -OCH3 is 1. The number of benzene rings is 1. The van der Waals surface area contributed by atoms with E-state index in [-0.39, 0.29) is 11.5 Å². The quantitative estimate of drug-likeness (QED) is 0.805. The molecule has 0 amide bonds. The first-order valence-electron chi connectivity index (χ1n) is 5.70. The van der Waals surface area contributed by atoms with Crippen LogP contribution in [-0.2, 0) is 15.1 Å². The lowest BCUT2D eigenvalue weighted by molar-refractivity contribution is -0.142. The predicted molar refractivity (Wildman–Crippen MR) is 63.9 cm³/mol. The maximum atomic E-state index is 11.6. The first-order valence-corrected chi connectivity index (χ1v) is 5.70. The van der Waals surface area contributed by atoms with Gasteiger partial charge in [0.25, 0.3) is 0 Å². The molecule has 1 N–H and O–H groups in total. The molecule has 1 atom stereocenters. The second-order valence-electron chi connectivity index (χ2n) is 4.18. The topological polar surface area (TPSA) is 47.6 Å². The van der Waals surface area contributed by atoms with E-state index in [9.17, 15) is 4.79 Å². The first-order chi connectivity index (χ1) is 8.22. The molecule has 4 nitrogen and oxygen atoms in total. The Labute approximate surface area is 101 Å². The number of ether oxygens (including phenoxy) is 2. The van der Waals surface area contributed by atoms with Crippen LogP contribution >= 0.6 is 0 Å². The maximum absolute atomic E-state index is 11.6. The zero-order valence-electron chi connectivity index (χ0n) is 10.2. The molecule has 0 saturated heterocycles. The molecule has 1 aliphatic rings. The van der Waals surface area contributed by atoms with Crippen LogP contribution in [0.3, 0.4) is 0 Å². The molecule has 0 aromatic heterocycles. The van der Waals surface area contributed by atoms with Gasteiger partial charge in [-0.2, -0.15) is 0 Å². The summed E-state index contributed by atoms with van der Waals surface area (Å²) in [5, 5.41) is 3.26. The molecule has 1 aromatic carbocycles. The Morgan fingerprint density at radius 3 is 3.00 bits per heavy atom. The predicted octanol–water partition coefficient (Wildman–Crippen LogP) is 1.45. The van der Waals surface area contributed by atoms with Crippen molar-refractivity contribution in [1.29, 1.82) is 0 Å². The molecule has 17 heavy (non-hydrogen) atoms. The van der Waals surface area contributed by atoms with Gasteiger partial charge in [0.2, 0.25) is 0 Å². The highest BCUT2D eigenvalue weighted by Crippen LogP contribution is 2.39. The van der Waals surface area contributed by atoms with Crippen molar-refractivity contribution in [3.8, 4) is 5.75 Å². The van der Waals surface area contributed by atoms with E-state index in [4.69, 9.17) is 9.47 Å². The maximum Gasteiger partial charge on any atom is 0.307 e. The molecule has 4 heteroatoms. The Morgan fingerprint density at radius 2 is 2.29 bits per heavy atom. The second kappa shape index (κ2) is 4.75. The molecule has 0 saturated carbocycles. The van der Waals surface area contributed by atoms with E-state index in [1.165, 1.54) is 7.11 Å². The lowest BCUT2D eigenvalue weighted by Gasteiger charge is -2.38. The normalized spacial score (nSPS) is 22.5. The minimum Gasteiger partial charge on any atom is -0.493 e. The van der Waals surface area contributed by atoms with E-state index in [1.54, 1.807) is 0 Å².